The summed E-state index contributed by atoms with van der Waals surface area (Å²) in [5.41, 5.74) is 1.57. The molecule has 0 bridgehead atoms. The molecule has 0 aliphatic rings. The summed E-state index contributed by atoms with van der Waals surface area (Å²) in [6.07, 6.45) is 0. The largest absolute Gasteiger partial charge is 0.494 e. The predicted octanol–water partition coefficient (Wildman–Crippen LogP) is 4.54. The van der Waals surface area contributed by atoms with E-state index < -0.39 is 0 Å². The van der Waals surface area contributed by atoms with Crippen molar-refractivity contribution < 1.29 is 9.53 Å². The molecular weight excluding hydrogens is 308 g/mol. The van der Waals surface area contributed by atoms with Crippen LogP contribution in [0.3, 0.4) is 0 Å². The van der Waals surface area contributed by atoms with Gasteiger partial charge in [0, 0.05) is 23.6 Å². The number of ether oxygens (including phenoxy) is 1. The third-order valence-corrected chi connectivity index (χ3v) is 4.33. The normalized spacial score (nSPS) is 11.8. The Morgan fingerprint density at radius 1 is 1.33 bits per heavy atom. The van der Waals surface area contributed by atoms with E-state index in [-0.39, 0.29) is 11.9 Å². The Morgan fingerprint density at radius 3 is 2.67 bits per heavy atom. The number of methoxy groups -OCH3 is 1. The maximum absolute atomic E-state index is 11.1. The number of thiophene rings is 1. The van der Waals surface area contributed by atoms with Gasteiger partial charge < -0.3 is 15.4 Å². The monoisotopic (exact) mass is 324 g/mol. The molecule has 2 N–H and O–H groups in total. The molecule has 0 aliphatic heterocycles. The number of halogens is 1. The molecule has 21 heavy (non-hydrogen) atoms. The number of nitrogens with one attached hydrogen (secondary N) is 2. The standard InChI is InChI=1S/C15H17ClN2O2S/c1-9(14-6-7-15(16)21-14)17-11-4-5-12(18-10(2)19)13(8-11)20-3/h4-9,17H,1-3H3,(H,18,19). The molecule has 1 unspecified atom stereocenters. The van der Waals surface area contributed by atoms with Crippen LogP contribution in [0.4, 0.5) is 11.4 Å². The van der Waals surface area contributed by atoms with Gasteiger partial charge >= 0.3 is 0 Å². The Labute approximate surface area is 133 Å². The number of anilines is 2. The fourth-order valence-electron chi connectivity index (χ4n) is 1.96. The van der Waals surface area contributed by atoms with Gasteiger partial charge in [0.1, 0.15) is 5.75 Å². The van der Waals surface area contributed by atoms with E-state index in [1.165, 1.54) is 6.92 Å². The van der Waals surface area contributed by atoms with Crippen LogP contribution in [0.25, 0.3) is 0 Å². The van der Waals surface area contributed by atoms with Crippen molar-refractivity contribution in [1.29, 1.82) is 0 Å². The van der Waals surface area contributed by atoms with Crippen molar-refractivity contribution in [3.8, 4) is 5.75 Å². The molecule has 1 aromatic heterocycles. The molecule has 0 saturated heterocycles. The van der Waals surface area contributed by atoms with Crippen LogP contribution in [0.5, 0.6) is 5.75 Å². The van der Waals surface area contributed by atoms with Crippen molar-refractivity contribution >= 4 is 40.2 Å². The van der Waals surface area contributed by atoms with Gasteiger partial charge in [-0.1, -0.05) is 11.6 Å². The summed E-state index contributed by atoms with van der Waals surface area (Å²) in [4.78, 5) is 12.3. The third-order valence-electron chi connectivity index (χ3n) is 2.92. The van der Waals surface area contributed by atoms with E-state index in [1.54, 1.807) is 18.4 Å². The number of hydrogen-bond donors (Lipinski definition) is 2. The summed E-state index contributed by atoms with van der Waals surface area (Å²) in [6, 6.07) is 9.61. The van der Waals surface area contributed by atoms with Crippen LogP contribution in [-0.4, -0.2) is 13.0 Å². The molecule has 0 spiro atoms. The third kappa shape index (κ3) is 4.12. The highest BCUT2D eigenvalue weighted by Gasteiger charge is 2.10. The number of carbonyl (C=O) groups is 1. The summed E-state index contributed by atoms with van der Waals surface area (Å²) >= 11 is 7.51. The van der Waals surface area contributed by atoms with Gasteiger partial charge in [-0.15, -0.1) is 11.3 Å². The molecule has 1 heterocycles. The van der Waals surface area contributed by atoms with E-state index in [2.05, 4.69) is 17.6 Å². The Bertz CT molecular complexity index is 642. The van der Waals surface area contributed by atoms with E-state index >= 15 is 0 Å². The second kappa shape index (κ2) is 6.83. The lowest BCUT2D eigenvalue weighted by atomic mass is 10.2. The van der Waals surface area contributed by atoms with Gasteiger partial charge in [0.2, 0.25) is 5.91 Å². The van der Waals surface area contributed by atoms with Crippen molar-refractivity contribution in [2.75, 3.05) is 17.7 Å². The summed E-state index contributed by atoms with van der Waals surface area (Å²) < 4.78 is 6.08. The second-order valence-corrected chi connectivity index (χ2v) is 6.35. The van der Waals surface area contributed by atoms with Crippen molar-refractivity contribution in [2.24, 2.45) is 0 Å². The topological polar surface area (TPSA) is 50.4 Å². The van der Waals surface area contributed by atoms with E-state index in [0.29, 0.717) is 11.4 Å². The summed E-state index contributed by atoms with van der Waals surface area (Å²) in [7, 11) is 1.58. The lowest BCUT2D eigenvalue weighted by Crippen LogP contribution is -2.08. The molecule has 1 atom stereocenters. The van der Waals surface area contributed by atoms with Gasteiger partial charge in [-0.25, -0.2) is 0 Å². The van der Waals surface area contributed by atoms with E-state index in [4.69, 9.17) is 16.3 Å². The molecule has 1 amide bonds. The molecule has 1 aromatic carbocycles. The zero-order chi connectivity index (χ0) is 15.4. The van der Waals surface area contributed by atoms with Crippen LogP contribution in [0, 0.1) is 0 Å². The van der Waals surface area contributed by atoms with Crippen molar-refractivity contribution in [3.05, 3.63) is 39.5 Å². The number of carbonyl (C=O) groups excluding carboxylic acids is 1. The highest BCUT2D eigenvalue weighted by atomic mass is 35.5. The number of hydrogen-bond acceptors (Lipinski definition) is 4. The van der Waals surface area contributed by atoms with Gasteiger partial charge in [-0.3, -0.25) is 4.79 Å². The first kappa shape index (κ1) is 15.7. The average Bonchev–Trinajstić information content (AvgIpc) is 2.86. The maximum Gasteiger partial charge on any atom is 0.221 e. The second-order valence-electron chi connectivity index (χ2n) is 4.60. The van der Waals surface area contributed by atoms with Gasteiger partial charge in [0.25, 0.3) is 0 Å². The number of rotatable bonds is 5. The predicted molar refractivity (Wildman–Crippen MR) is 88.7 cm³/mol. The van der Waals surface area contributed by atoms with E-state index in [9.17, 15) is 4.79 Å². The van der Waals surface area contributed by atoms with Gasteiger partial charge in [0.05, 0.1) is 23.2 Å². The Balaban J connectivity index is 2.15. The van der Waals surface area contributed by atoms with Gasteiger partial charge in [0.15, 0.2) is 0 Å². The van der Waals surface area contributed by atoms with Crippen LogP contribution in [-0.2, 0) is 4.79 Å². The molecular formula is C15H17ClN2O2S. The van der Waals surface area contributed by atoms with Crippen LogP contribution in [0.2, 0.25) is 4.34 Å². The lowest BCUT2D eigenvalue weighted by molar-refractivity contribution is -0.114. The van der Waals surface area contributed by atoms with Gasteiger partial charge in [-0.2, -0.15) is 0 Å². The molecule has 2 aromatic rings. The minimum Gasteiger partial charge on any atom is -0.494 e. The molecule has 0 radical (unpaired) electrons. The first-order valence-corrected chi connectivity index (χ1v) is 7.66. The smallest absolute Gasteiger partial charge is 0.221 e. The zero-order valence-corrected chi connectivity index (χ0v) is 13.6. The van der Waals surface area contributed by atoms with Crippen molar-refractivity contribution in [3.63, 3.8) is 0 Å². The van der Waals surface area contributed by atoms with Crippen LogP contribution in [0.1, 0.15) is 24.8 Å². The van der Waals surface area contributed by atoms with Crippen LogP contribution >= 0.6 is 22.9 Å². The van der Waals surface area contributed by atoms with Crippen LogP contribution < -0.4 is 15.4 Å². The van der Waals surface area contributed by atoms with Crippen molar-refractivity contribution in [2.45, 2.75) is 19.9 Å². The fourth-order valence-corrected chi connectivity index (χ4v) is 3.02. The molecule has 4 nitrogen and oxygen atoms in total. The van der Waals surface area contributed by atoms with Crippen LogP contribution in [0.15, 0.2) is 30.3 Å². The molecule has 2 rings (SSSR count). The van der Waals surface area contributed by atoms with E-state index in [0.717, 1.165) is 14.9 Å². The first-order valence-electron chi connectivity index (χ1n) is 6.47. The quantitative estimate of drug-likeness (QED) is 0.848. The summed E-state index contributed by atoms with van der Waals surface area (Å²) in [5, 5.41) is 6.12. The highest BCUT2D eigenvalue weighted by molar-refractivity contribution is 7.16. The summed E-state index contributed by atoms with van der Waals surface area (Å²) in [5.74, 6) is 0.488. The molecule has 112 valence electrons. The Morgan fingerprint density at radius 2 is 2.10 bits per heavy atom. The highest BCUT2D eigenvalue weighted by Crippen LogP contribution is 2.32. The Kier molecular flexibility index (Phi) is 5.09. The number of amides is 1. The molecule has 0 fully saturated rings. The van der Waals surface area contributed by atoms with Gasteiger partial charge in [-0.05, 0) is 31.2 Å². The Hall–Kier alpha value is -1.72. The lowest BCUT2D eigenvalue weighted by Gasteiger charge is -2.16. The molecule has 0 aliphatic carbocycles. The first-order chi connectivity index (χ1) is 9.99. The fraction of sp³-hybridized carbons (Fsp3) is 0.267. The minimum atomic E-state index is -0.129. The molecule has 6 heteroatoms. The maximum atomic E-state index is 11.1. The molecule has 0 saturated carbocycles. The van der Waals surface area contributed by atoms with Crippen molar-refractivity contribution in [1.82, 2.24) is 0 Å². The minimum absolute atomic E-state index is 0.129. The summed E-state index contributed by atoms with van der Waals surface area (Å²) in [6.45, 7) is 3.53. The SMILES string of the molecule is COc1cc(NC(C)c2ccc(Cl)s2)ccc1NC(C)=O. The van der Waals surface area contributed by atoms with E-state index in [1.807, 2.05) is 30.3 Å². The number of benzene rings is 1. The zero-order valence-electron chi connectivity index (χ0n) is 12.1. The average molecular weight is 325 g/mol.